The predicted molar refractivity (Wildman–Crippen MR) is 118 cm³/mol. The van der Waals surface area contributed by atoms with Gasteiger partial charge in [-0.05, 0) is 38.0 Å². The molecule has 182 valence electrons. The van der Waals surface area contributed by atoms with Crippen LogP contribution in [0, 0.1) is 11.3 Å². The molecule has 0 aliphatic heterocycles. The Bertz CT molecular complexity index is 1070. The molecular formula is C21H24F3N7O3. The van der Waals surface area contributed by atoms with E-state index >= 15 is 0 Å². The van der Waals surface area contributed by atoms with Crippen molar-refractivity contribution >= 4 is 29.3 Å². The van der Waals surface area contributed by atoms with Gasteiger partial charge in [0.25, 0.3) is 0 Å². The van der Waals surface area contributed by atoms with Crippen molar-refractivity contribution in [1.29, 1.82) is 5.26 Å². The summed E-state index contributed by atoms with van der Waals surface area (Å²) in [6, 6.07) is 5.04. The number of nitriles is 1. The summed E-state index contributed by atoms with van der Waals surface area (Å²) in [6.45, 7) is 3.47. The van der Waals surface area contributed by atoms with Gasteiger partial charge in [-0.25, -0.2) is 0 Å². The van der Waals surface area contributed by atoms with Crippen LogP contribution in [0.3, 0.4) is 0 Å². The number of carbonyl (C=O) groups excluding carboxylic acids is 2. The number of ether oxygens (including phenoxy) is 1. The number of amides is 2. The van der Waals surface area contributed by atoms with E-state index in [1.54, 1.807) is 6.92 Å². The molecule has 1 atom stereocenters. The standard InChI is InChI=1S/C21H24F3N7O3/c1-3-34-19-15(11-25)17(30-20(26)31-19)29-16(8-5-9-27-12(2)32)18(33)28-14-7-4-6-13(10-14)21(22,23)24/h4,6-7,10,16H,3,5,8-9H2,1-2H3,(H,27,32)(H,28,33)(H3,26,29,30,31)/t16-/m0/s1. The number of nitrogens with one attached hydrogen (secondary N) is 3. The molecule has 2 amide bonds. The van der Waals surface area contributed by atoms with E-state index in [4.69, 9.17) is 10.5 Å². The van der Waals surface area contributed by atoms with Crippen LogP contribution in [0.1, 0.15) is 37.8 Å². The summed E-state index contributed by atoms with van der Waals surface area (Å²) in [5.74, 6) is -1.28. The minimum Gasteiger partial charge on any atom is -0.477 e. The number of benzene rings is 1. The van der Waals surface area contributed by atoms with Crippen LogP contribution in [0.25, 0.3) is 0 Å². The first-order valence-electron chi connectivity index (χ1n) is 10.2. The van der Waals surface area contributed by atoms with E-state index in [1.807, 2.05) is 6.07 Å². The van der Waals surface area contributed by atoms with E-state index in [0.717, 1.165) is 12.1 Å². The third-order valence-electron chi connectivity index (χ3n) is 4.41. The average Bonchev–Trinajstić information content (AvgIpc) is 2.75. The quantitative estimate of drug-likeness (QED) is 0.379. The van der Waals surface area contributed by atoms with Crippen LogP contribution in [-0.2, 0) is 15.8 Å². The lowest BCUT2D eigenvalue weighted by atomic mass is 10.1. The van der Waals surface area contributed by atoms with E-state index < -0.39 is 23.7 Å². The third-order valence-corrected chi connectivity index (χ3v) is 4.41. The lowest BCUT2D eigenvalue weighted by molar-refractivity contribution is -0.137. The first kappa shape index (κ1) is 26.2. The molecule has 0 fully saturated rings. The summed E-state index contributed by atoms with van der Waals surface area (Å²) in [6.07, 6.45) is -4.09. The van der Waals surface area contributed by atoms with E-state index in [0.29, 0.717) is 6.42 Å². The first-order chi connectivity index (χ1) is 16.0. The summed E-state index contributed by atoms with van der Waals surface area (Å²) >= 11 is 0. The molecule has 0 spiro atoms. The molecule has 10 nitrogen and oxygen atoms in total. The van der Waals surface area contributed by atoms with E-state index in [9.17, 15) is 28.0 Å². The maximum absolute atomic E-state index is 13.0. The molecule has 2 rings (SSSR count). The molecule has 1 heterocycles. The monoisotopic (exact) mass is 479 g/mol. The summed E-state index contributed by atoms with van der Waals surface area (Å²) in [7, 11) is 0. The van der Waals surface area contributed by atoms with Gasteiger partial charge in [0.15, 0.2) is 11.4 Å². The second-order valence-corrected chi connectivity index (χ2v) is 7.05. The smallest absolute Gasteiger partial charge is 0.416 e. The highest BCUT2D eigenvalue weighted by Gasteiger charge is 2.31. The number of hydrogen-bond donors (Lipinski definition) is 4. The van der Waals surface area contributed by atoms with Gasteiger partial charge in [0, 0.05) is 19.2 Å². The fourth-order valence-electron chi connectivity index (χ4n) is 2.91. The third kappa shape index (κ3) is 7.51. The highest BCUT2D eigenvalue weighted by Crippen LogP contribution is 2.31. The van der Waals surface area contributed by atoms with Gasteiger partial charge in [-0.3, -0.25) is 9.59 Å². The van der Waals surface area contributed by atoms with Crippen LogP contribution in [0.4, 0.5) is 30.6 Å². The second-order valence-electron chi connectivity index (χ2n) is 7.05. The Labute approximate surface area is 193 Å². The highest BCUT2D eigenvalue weighted by molar-refractivity contribution is 5.96. The van der Waals surface area contributed by atoms with E-state index in [1.165, 1.54) is 19.1 Å². The van der Waals surface area contributed by atoms with E-state index in [-0.39, 0.29) is 54.4 Å². The van der Waals surface area contributed by atoms with Gasteiger partial charge in [-0.2, -0.15) is 28.4 Å². The number of alkyl halides is 3. The molecule has 0 bridgehead atoms. The topological polar surface area (TPSA) is 155 Å². The fourth-order valence-corrected chi connectivity index (χ4v) is 2.91. The van der Waals surface area contributed by atoms with Crippen molar-refractivity contribution in [2.24, 2.45) is 0 Å². The average molecular weight is 479 g/mol. The van der Waals surface area contributed by atoms with Crippen LogP contribution < -0.4 is 26.4 Å². The first-order valence-corrected chi connectivity index (χ1v) is 10.2. The molecule has 5 N–H and O–H groups in total. The zero-order chi connectivity index (χ0) is 25.3. The molecule has 0 aliphatic rings. The van der Waals surface area contributed by atoms with Gasteiger partial charge < -0.3 is 26.4 Å². The van der Waals surface area contributed by atoms with Crippen LogP contribution in [0.15, 0.2) is 24.3 Å². The summed E-state index contributed by atoms with van der Waals surface area (Å²) in [5.41, 5.74) is 4.62. The SMILES string of the molecule is CCOc1nc(N)nc(N[C@@H](CCCNC(C)=O)C(=O)Nc2cccc(C(F)(F)F)c2)c1C#N. The van der Waals surface area contributed by atoms with Crippen molar-refractivity contribution in [2.45, 2.75) is 38.9 Å². The van der Waals surface area contributed by atoms with Crippen LogP contribution in [-0.4, -0.2) is 41.0 Å². The van der Waals surface area contributed by atoms with Gasteiger partial charge in [0.2, 0.25) is 23.6 Å². The van der Waals surface area contributed by atoms with Gasteiger partial charge in [-0.15, -0.1) is 0 Å². The molecule has 0 saturated carbocycles. The van der Waals surface area contributed by atoms with Gasteiger partial charge >= 0.3 is 6.18 Å². The molecule has 1 aromatic carbocycles. The van der Waals surface area contributed by atoms with Crippen LogP contribution >= 0.6 is 0 Å². The Balaban J connectivity index is 2.31. The van der Waals surface area contributed by atoms with Gasteiger partial charge in [0.1, 0.15) is 12.1 Å². The van der Waals surface area contributed by atoms with Gasteiger partial charge in [0.05, 0.1) is 12.2 Å². The van der Waals surface area contributed by atoms with Crippen molar-refractivity contribution in [3.63, 3.8) is 0 Å². The van der Waals surface area contributed by atoms with Crippen molar-refractivity contribution in [3.8, 4) is 11.9 Å². The lowest BCUT2D eigenvalue weighted by Gasteiger charge is -2.21. The summed E-state index contributed by atoms with van der Waals surface area (Å²) < 4.78 is 44.4. The molecule has 1 aromatic heterocycles. The second kappa shape index (κ2) is 11.7. The molecular weight excluding hydrogens is 455 g/mol. The highest BCUT2D eigenvalue weighted by atomic mass is 19.4. The normalized spacial score (nSPS) is 11.8. The number of hydrogen-bond acceptors (Lipinski definition) is 8. The molecule has 2 aromatic rings. The largest absolute Gasteiger partial charge is 0.477 e. The Hall–Kier alpha value is -4.08. The molecule has 0 aliphatic carbocycles. The molecule has 0 radical (unpaired) electrons. The minimum absolute atomic E-state index is 0.0637. The molecule has 13 heteroatoms. The molecule has 0 unspecified atom stereocenters. The predicted octanol–water partition coefficient (Wildman–Crippen LogP) is 2.68. The number of nitrogens with zero attached hydrogens (tertiary/aromatic N) is 3. The summed E-state index contributed by atoms with van der Waals surface area (Å²) in [5, 5.41) is 17.4. The van der Waals surface area contributed by atoms with Crippen LogP contribution in [0.2, 0.25) is 0 Å². The number of nitrogens with two attached hydrogens (primary N) is 1. The Morgan fingerprint density at radius 2 is 2.03 bits per heavy atom. The molecule has 34 heavy (non-hydrogen) atoms. The molecule has 0 saturated heterocycles. The Morgan fingerprint density at radius 1 is 1.29 bits per heavy atom. The zero-order valence-electron chi connectivity index (χ0n) is 18.5. The number of nitrogen functional groups attached to an aromatic ring is 1. The van der Waals surface area contributed by atoms with Crippen molar-refractivity contribution in [2.75, 3.05) is 29.5 Å². The van der Waals surface area contributed by atoms with Crippen molar-refractivity contribution in [3.05, 3.63) is 35.4 Å². The Morgan fingerprint density at radius 3 is 2.65 bits per heavy atom. The van der Waals surface area contributed by atoms with Gasteiger partial charge in [-0.1, -0.05) is 6.07 Å². The maximum atomic E-state index is 13.0. The number of halogens is 3. The zero-order valence-corrected chi connectivity index (χ0v) is 18.5. The Kier molecular flexibility index (Phi) is 9.00. The number of carbonyl (C=O) groups is 2. The number of anilines is 3. The maximum Gasteiger partial charge on any atom is 0.416 e. The van der Waals surface area contributed by atoms with Crippen molar-refractivity contribution < 1.29 is 27.5 Å². The van der Waals surface area contributed by atoms with Crippen LogP contribution in [0.5, 0.6) is 5.88 Å². The number of rotatable bonds is 10. The minimum atomic E-state index is -4.58. The number of aromatic nitrogens is 2. The lowest BCUT2D eigenvalue weighted by Crippen LogP contribution is -2.36. The van der Waals surface area contributed by atoms with Crippen molar-refractivity contribution in [1.82, 2.24) is 15.3 Å². The fraction of sp³-hybridized carbons (Fsp3) is 0.381. The summed E-state index contributed by atoms with van der Waals surface area (Å²) in [4.78, 5) is 31.9. The van der Waals surface area contributed by atoms with E-state index in [2.05, 4.69) is 25.9 Å².